The summed E-state index contributed by atoms with van der Waals surface area (Å²) in [5.41, 5.74) is 0.165. The van der Waals surface area contributed by atoms with Gasteiger partial charge in [0, 0.05) is 19.5 Å². The van der Waals surface area contributed by atoms with Crippen molar-refractivity contribution in [1.29, 1.82) is 0 Å². The standard InChI is InChI=1S/C19H23NO5S2/c1-14(2)20(3)27(23,24)16-8-4-7-15(13-16)19(22)25-11-5-9-17(21)18-10-6-12-26-18/h4,6-8,10,12-14H,5,9,11H2,1-3H3. The normalized spacial score (nSPS) is 11.7. The van der Waals surface area contributed by atoms with Crippen LogP contribution in [-0.2, 0) is 14.8 Å². The number of carbonyl (C=O) groups excluding carboxylic acids is 2. The van der Waals surface area contributed by atoms with Gasteiger partial charge in [-0.2, -0.15) is 4.31 Å². The van der Waals surface area contributed by atoms with Crippen LogP contribution in [0, 0.1) is 0 Å². The molecule has 0 bridgehead atoms. The number of hydrogen-bond donors (Lipinski definition) is 0. The van der Waals surface area contributed by atoms with Crippen molar-refractivity contribution in [2.45, 2.75) is 37.6 Å². The van der Waals surface area contributed by atoms with Crippen molar-refractivity contribution in [2.24, 2.45) is 0 Å². The van der Waals surface area contributed by atoms with Crippen LogP contribution in [0.1, 0.15) is 46.7 Å². The number of carbonyl (C=O) groups is 2. The minimum atomic E-state index is -3.67. The van der Waals surface area contributed by atoms with Crippen molar-refractivity contribution in [3.8, 4) is 0 Å². The van der Waals surface area contributed by atoms with Crippen LogP contribution in [0.3, 0.4) is 0 Å². The van der Waals surface area contributed by atoms with Gasteiger partial charge in [-0.1, -0.05) is 12.1 Å². The van der Waals surface area contributed by atoms with E-state index in [2.05, 4.69) is 0 Å². The predicted octanol–water partition coefficient (Wildman–Crippen LogP) is 3.60. The molecule has 0 aliphatic carbocycles. The molecule has 0 unspecified atom stereocenters. The maximum atomic E-state index is 12.5. The first-order valence-electron chi connectivity index (χ1n) is 8.55. The number of ketones is 1. The molecule has 1 heterocycles. The lowest BCUT2D eigenvalue weighted by Crippen LogP contribution is -2.33. The van der Waals surface area contributed by atoms with E-state index in [4.69, 9.17) is 4.74 Å². The van der Waals surface area contributed by atoms with Gasteiger partial charge in [-0.25, -0.2) is 13.2 Å². The van der Waals surface area contributed by atoms with Gasteiger partial charge in [0.05, 0.1) is 21.9 Å². The number of benzene rings is 1. The zero-order valence-electron chi connectivity index (χ0n) is 15.5. The first-order chi connectivity index (χ1) is 12.7. The lowest BCUT2D eigenvalue weighted by Gasteiger charge is -2.21. The molecule has 2 rings (SSSR count). The van der Waals surface area contributed by atoms with Gasteiger partial charge in [-0.3, -0.25) is 4.79 Å². The highest BCUT2D eigenvalue weighted by Gasteiger charge is 2.24. The van der Waals surface area contributed by atoms with Gasteiger partial charge in [0.25, 0.3) is 0 Å². The van der Waals surface area contributed by atoms with Crippen LogP contribution in [0.4, 0.5) is 0 Å². The van der Waals surface area contributed by atoms with Crippen LogP contribution in [0.5, 0.6) is 0 Å². The van der Waals surface area contributed by atoms with Crippen LogP contribution in [0.25, 0.3) is 0 Å². The second-order valence-electron chi connectivity index (χ2n) is 6.28. The molecule has 0 radical (unpaired) electrons. The molecule has 0 saturated heterocycles. The Morgan fingerprint density at radius 1 is 1.19 bits per heavy atom. The van der Waals surface area contributed by atoms with Crippen molar-refractivity contribution >= 4 is 33.1 Å². The van der Waals surface area contributed by atoms with E-state index in [9.17, 15) is 18.0 Å². The van der Waals surface area contributed by atoms with E-state index in [1.807, 2.05) is 11.4 Å². The highest BCUT2D eigenvalue weighted by atomic mass is 32.2. The van der Waals surface area contributed by atoms with E-state index in [1.54, 1.807) is 19.9 Å². The Morgan fingerprint density at radius 2 is 1.93 bits per heavy atom. The summed E-state index contributed by atoms with van der Waals surface area (Å²) in [5, 5.41) is 1.84. The monoisotopic (exact) mass is 409 g/mol. The van der Waals surface area contributed by atoms with Crippen LogP contribution < -0.4 is 0 Å². The third-order valence-electron chi connectivity index (χ3n) is 4.05. The average Bonchev–Trinajstić information content (AvgIpc) is 3.19. The van der Waals surface area contributed by atoms with Gasteiger partial charge < -0.3 is 4.74 Å². The fourth-order valence-electron chi connectivity index (χ4n) is 2.27. The molecule has 0 spiro atoms. The zero-order valence-corrected chi connectivity index (χ0v) is 17.2. The van der Waals surface area contributed by atoms with Gasteiger partial charge in [-0.15, -0.1) is 11.3 Å². The number of esters is 1. The van der Waals surface area contributed by atoms with Crippen molar-refractivity contribution in [3.63, 3.8) is 0 Å². The molecule has 27 heavy (non-hydrogen) atoms. The molecule has 0 amide bonds. The quantitative estimate of drug-likeness (QED) is 0.359. The molecular weight excluding hydrogens is 386 g/mol. The van der Waals surface area contributed by atoms with Crippen molar-refractivity contribution in [1.82, 2.24) is 4.31 Å². The molecule has 0 atom stereocenters. The molecule has 6 nitrogen and oxygen atoms in total. The van der Waals surface area contributed by atoms with Crippen molar-refractivity contribution in [2.75, 3.05) is 13.7 Å². The predicted molar refractivity (Wildman–Crippen MR) is 105 cm³/mol. The highest BCUT2D eigenvalue weighted by molar-refractivity contribution is 7.89. The fraction of sp³-hybridized carbons (Fsp3) is 0.368. The molecule has 146 valence electrons. The van der Waals surface area contributed by atoms with Gasteiger partial charge in [0.1, 0.15) is 0 Å². The second kappa shape index (κ2) is 9.25. The average molecular weight is 410 g/mol. The summed E-state index contributed by atoms with van der Waals surface area (Å²) in [4.78, 5) is 24.8. The second-order valence-corrected chi connectivity index (χ2v) is 9.23. The summed E-state index contributed by atoms with van der Waals surface area (Å²) >= 11 is 1.38. The molecule has 0 aliphatic heterocycles. The maximum Gasteiger partial charge on any atom is 0.338 e. The molecule has 0 saturated carbocycles. The molecule has 0 aliphatic rings. The lowest BCUT2D eigenvalue weighted by molar-refractivity contribution is 0.0494. The third-order valence-corrected chi connectivity index (χ3v) is 6.99. The molecule has 2 aromatic rings. The van der Waals surface area contributed by atoms with Crippen LogP contribution in [0.2, 0.25) is 0 Å². The van der Waals surface area contributed by atoms with E-state index in [-0.39, 0.29) is 28.9 Å². The maximum absolute atomic E-state index is 12.5. The molecule has 0 fully saturated rings. The summed E-state index contributed by atoms with van der Waals surface area (Å²) in [6.07, 6.45) is 0.706. The number of rotatable bonds is 9. The van der Waals surface area contributed by atoms with Crippen LogP contribution >= 0.6 is 11.3 Å². The Bertz CT molecular complexity index is 889. The Hall–Kier alpha value is -2.03. The summed E-state index contributed by atoms with van der Waals surface area (Å²) in [6, 6.07) is 9.16. The number of nitrogens with zero attached hydrogens (tertiary/aromatic N) is 1. The van der Waals surface area contributed by atoms with E-state index >= 15 is 0 Å². The fourth-order valence-corrected chi connectivity index (χ4v) is 4.38. The third kappa shape index (κ3) is 5.47. The van der Waals surface area contributed by atoms with E-state index in [0.29, 0.717) is 17.7 Å². The number of ether oxygens (including phenoxy) is 1. The smallest absolute Gasteiger partial charge is 0.338 e. The minimum absolute atomic E-state index is 0.0193. The van der Waals surface area contributed by atoms with E-state index in [1.165, 1.54) is 47.0 Å². The van der Waals surface area contributed by atoms with E-state index in [0.717, 1.165) is 0 Å². The number of thiophene rings is 1. The molecule has 0 N–H and O–H groups in total. The van der Waals surface area contributed by atoms with E-state index < -0.39 is 16.0 Å². The highest BCUT2D eigenvalue weighted by Crippen LogP contribution is 2.18. The Morgan fingerprint density at radius 3 is 2.56 bits per heavy atom. The molecular formula is C19H23NO5S2. The van der Waals surface area contributed by atoms with Crippen LogP contribution in [-0.4, -0.2) is 44.2 Å². The lowest BCUT2D eigenvalue weighted by atomic mass is 10.2. The summed E-state index contributed by atoms with van der Waals surface area (Å²) in [5.74, 6) is -0.589. The van der Waals surface area contributed by atoms with Gasteiger partial charge in [0.15, 0.2) is 5.78 Å². The minimum Gasteiger partial charge on any atom is -0.462 e. The van der Waals surface area contributed by atoms with Crippen LogP contribution in [0.15, 0.2) is 46.7 Å². The Labute approximate surface area is 163 Å². The first-order valence-corrected chi connectivity index (χ1v) is 10.9. The molecule has 1 aromatic heterocycles. The first kappa shape index (κ1) is 21.3. The topological polar surface area (TPSA) is 80.8 Å². The molecule has 8 heteroatoms. The largest absolute Gasteiger partial charge is 0.462 e. The number of Topliss-reactive ketones (excluding diaryl/α,β-unsaturated/α-hetero) is 1. The Balaban J connectivity index is 1.94. The summed E-state index contributed by atoms with van der Waals surface area (Å²) in [7, 11) is -2.18. The SMILES string of the molecule is CC(C)N(C)S(=O)(=O)c1cccc(C(=O)OCCCC(=O)c2cccs2)c1. The van der Waals surface area contributed by atoms with Crippen molar-refractivity contribution < 1.29 is 22.7 Å². The zero-order chi connectivity index (χ0) is 20.0. The van der Waals surface area contributed by atoms with Gasteiger partial charge in [0.2, 0.25) is 10.0 Å². The van der Waals surface area contributed by atoms with Crippen molar-refractivity contribution in [3.05, 3.63) is 52.2 Å². The Kier molecular flexibility index (Phi) is 7.29. The summed E-state index contributed by atoms with van der Waals surface area (Å²) < 4.78 is 31.5. The van der Waals surface area contributed by atoms with Gasteiger partial charge in [-0.05, 0) is 49.9 Å². The summed E-state index contributed by atoms with van der Waals surface area (Å²) in [6.45, 7) is 3.64. The number of sulfonamides is 1. The number of hydrogen-bond acceptors (Lipinski definition) is 6. The van der Waals surface area contributed by atoms with Gasteiger partial charge >= 0.3 is 5.97 Å². The molecule has 1 aromatic carbocycles.